The smallest absolute Gasteiger partial charge is 0.165 e. The summed E-state index contributed by atoms with van der Waals surface area (Å²) in [6.07, 6.45) is 12.8. The van der Waals surface area contributed by atoms with Gasteiger partial charge in [0.15, 0.2) is 5.83 Å². The zero-order chi connectivity index (χ0) is 21.5. The lowest BCUT2D eigenvalue weighted by molar-refractivity contribution is 0.263. The maximum atomic E-state index is 15.0. The summed E-state index contributed by atoms with van der Waals surface area (Å²) in [5.41, 5.74) is 0.832. The van der Waals surface area contributed by atoms with E-state index in [1.165, 1.54) is 6.07 Å². The van der Waals surface area contributed by atoms with E-state index < -0.39 is 23.4 Å². The van der Waals surface area contributed by atoms with Crippen molar-refractivity contribution >= 4 is 16.6 Å². The molecule has 0 unspecified atom stereocenters. The lowest BCUT2D eigenvalue weighted by Crippen LogP contribution is -2.15. The van der Waals surface area contributed by atoms with Crippen molar-refractivity contribution < 1.29 is 13.2 Å². The van der Waals surface area contributed by atoms with E-state index in [0.29, 0.717) is 29.5 Å². The van der Waals surface area contributed by atoms with Crippen molar-refractivity contribution in [1.29, 1.82) is 0 Å². The Hall–Kier alpha value is -2.29. The number of hydrogen-bond acceptors (Lipinski definition) is 0. The van der Waals surface area contributed by atoms with Crippen LogP contribution in [0.25, 0.3) is 16.6 Å². The van der Waals surface area contributed by atoms with Crippen molar-refractivity contribution in [2.75, 3.05) is 0 Å². The molecule has 0 radical (unpaired) electrons. The molecule has 0 bridgehead atoms. The van der Waals surface area contributed by atoms with Gasteiger partial charge in [0.25, 0.3) is 0 Å². The van der Waals surface area contributed by atoms with Crippen LogP contribution in [0.4, 0.5) is 13.2 Å². The van der Waals surface area contributed by atoms with Gasteiger partial charge in [0.2, 0.25) is 0 Å². The minimum atomic E-state index is -1.04. The van der Waals surface area contributed by atoms with E-state index in [4.69, 9.17) is 0 Å². The number of fused-ring (bicyclic) bond motifs is 1. The van der Waals surface area contributed by atoms with Gasteiger partial charge in [-0.15, -0.1) is 6.58 Å². The Labute approximate surface area is 178 Å². The summed E-state index contributed by atoms with van der Waals surface area (Å²) in [7, 11) is 0. The molecule has 0 spiro atoms. The Morgan fingerprint density at radius 2 is 1.83 bits per heavy atom. The van der Waals surface area contributed by atoms with Gasteiger partial charge in [-0.1, -0.05) is 42.5 Å². The summed E-state index contributed by atoms with van der Waals surface area (Å²) < 4.78 is 44.8. The highest BCUT2D eigenvalue weighted by Gasteiger charge is 2.27. The van der Waals surface area contributed by atoms with Crippen LogP contribution in [0.5, 0.6) is 0 Å². The molecule has 1 saturated carbocycles. The van der Waals surface area contributed by atoms with E-state index in [1.807, 2.05) is 31.2 Å². The number of halogens is 3. The molecule has 0 heterocycles. The van der Waals surface area contributed by atoms with Crippen molar-refractivity contribution in [3.63, 3.8) is 0 Å². The number of benzene rings is 2. The van der Waals surface area contributed by atoms with Crippen molar-refractivity contribution in [1.82, 2.24) is 0 Å². The summed E-state index contributed by atoms with van der Waals surface area (Å²) in [6, 6.07) is 8.52. The Bertz CT molecular complexity index is 931. The summed E-state index contributed by atoms with van der Waals surface area (Å²) in [5.74, 6) is -2.41. The van der Waals surface area contributed by atoms with Gasteiger partial charge in [0.05, 0.1) is 0 Å². The van der Waals surface area contributed by atoms with Gasteiger partial charge in [0.1, 0.15) is 11.6 Å². The third-order valence-electron chi connectivity index (χ3n) is 6.28. The second-order valence-electron chi connectivity index (χ2n) is 8.34. The van der Waals surface area contributed by atoms with Gasteiger partial charge in [-0.05, 0) is 81.2 Å². The number of rotatable bonds is 8. The van der Waals surface area contributed by atoms with E-state index in [-0.39, 0.29) is 5.56 Å². The molecule has 0 nitrogen and oxygen atoms in total. The lowest BCUT2D eigenvalue weighted by Gasteiger charge is -2.27. The van der Waals surface area contributed by atoms with Crippen LogP contribution in [0, 0.1) is 17.7 Å². The van der Waals surface area contributed by atoms with Crippen LogP contribution in [0.1, 0.15) is 63.0 Å². The molecule has 3 heteroatoms. The first-order chi connectivity index (χ1) is 14.5. The van der Waals surface area contributed by atoms with E-state index >= 15 is 4.39 Å². The fourth-order valence-corrected chi connectivity index (χ4v) is 4.45. The third kappa shape index (κ3) is 5.24. The Morgan fingerprint density at radius 3 is 2.53 bits per heavy atom. The molecule has 0 atom stereocenters. The quantitative estimate of drug-likeness (QED) is 0.380. The highest BCUT2D eigenvalue weighted by Crippen LogP contribution is 2.40. The molecule has 0 saturated heterocycles. The normalized spacial score (nSPS) is 20.5. The molecule has 1 aliphatic carbocycles. The molecular weight excluding hydrogens is 381 g/mol. The summed E-state index contributed by atoms with van der Waals surface area (Å²) in [5, 5.41) is 1.04. The molecule has 30 heavy (non-hydrogen) atoms. The molecule has 2 aromatic carbocycles. The second-order valence-corrected chi connectivity index (χ2v) is 8.34. The van der Waals surface area contributed by atoms with Gasteiger partial charge >= 0.3 is 0 Å². The number of allylic oxidation sites excluding steroid dienone is 4. The molecule has 0 aromatic heterocycles. The summed E-state index contributed by atoms with van der Waals surface area (Å²) in [4.78, 5) is 0. The maximum absolute atomic E-state index is 15.0. The minimum Gasteiger partial charge on any atom is -0.208 e. The average molecular weight is 413 g/mol. The maximum Gasteiger partial charge on any atom is 0.165 e. The first kappa shape index (κ1) is 22.4. The van der Waals surface area contributed by atoms with Crippen LogP contribution in [0.2, 0.25) is 0 Å². The first-order valence-electron chi connectivity index (χ1n) is 11.0. The lowest BCUT2D eigenvalue weighted by atomic mass is 9.79. The highest BCUT2D eigenvalue weighted by molar-refractivity contribution is 5.87. The summed E-state index contributed by atoms with van der Waals surface area (Å²) in [6.45, 7) is 5.72. The highest BCUT2D eigenvalue weighted by atomic mass is 19.2. The van der Waals surface area contributed by atoms with Gasteiger partial charge in [-0.2, -0.15) is 0 Å². The van der Waals surface area contributed by atoms with E-state index in [1.54, 1.807) is 12.1 Å². The van der Waals surface area contributed by atoms with E-state index in [0.717, 1.165) is 44.1 Å². The Balaban J connectivity index is 1.78. The Morgan fingerprint density at radius 1 is 1.07 bits per heavy atom. The van der Waals surface area contributed by atoms with Crippen molar-refractivity contribution in [2.24, 2.45) is 11.8 Å². The van der Waals surface area contributed by atoms with Crippen LogP contribution < -0.4 is 0 Å². The van der Waals surface area contributed by atoms with Crippen molar-refractivity contribution in [3.8, 4) is 0 Å². The van der Waals surface area contributed by atoms with E-state index in [9.17, 15) is 8.78 Å². The van der Waals surface area contributed by atoms with Crippen LogP contribution in [0.3, 0.4) is 0 Å². The monoisotopic (exact) mass is 412 g/mol. The summed E-state index contributed by atoms with van der Waals surface area (Å²) >= 11 is 0. The minimum absolute atomic E-state index is 0.268. The van der Waals surface area contributed by atoms with E-state index in [2.05, 4.69) is 12.7 Å². The zero-order valence-corrected chi connectivity index (χ0v) is 17.8. The third-order valence-corrected chi connectivity index (χ3v) is 6.28. The predicted octanol–water partition coefficient (Wildman–Crippen LogP) is 8.87. The average Bonchev–Trinajstić information content (AvgIpc) is 2.77. The number of hydrogen-bond donors (Lipinski definition) is 0. The predicted molar refractivity (Wildman–Crippen MR) is 121 cm³/mol. The van der Waals surface area contributed by atoms with Crippen molar-refractivity contribution in [2.45, 2.75) is 58.3 Å². The molecule has 0 aliphatic heterocycles. The molecule has 160 valence electrons. The molecular formula is C27H31F3. The molecule has 0 amide bonds. The topological polar surface area (TPSA) is 0 Å². The molecule has 1 aliphatic rings. The fourth-order valence-electron chi connectivity index (χ4n) is 4.45. The second kappa shape index (κ2) is 10.7. The van der Waals surface area contributed by atoms with Crippen LogP contribution in [-0.4, -0.2) is 0 Å². The Kier molecular flexibility index (Phi) is 7.95. The first-order valence-corrected chi connectivity index (χ1v) is 11.0. The van der Waals surface area contributed by atoms with Gasteiger partial charge in [0, 0.05) is 16.9 Å². The van der Waals surface area contributed by atoms with Gasteiger partial charge in [-0.25, -0.2) is 13.2 Å². The molecule has 3 rings (SSSR count). The van der Waals surface area contributed by atoms with Gasteiger partial charge < -0.3 is 0 Å². The van der Waals surface area contributed by atoms with Crippen LogP contribution in [-0.2, 0) is 6.42 Å². The van der Waals surface area contributed by atoms with Crippen LogP contribution in [0.15, 0.2) is 61.0 Å². The standard InChI is InChI=1S/C27H31F3/c1-3-5-7-9-20-12-16-23-22(18-20)15-17-24(26(23)29)27(30)25(28)21-13-10-19(11-14-21)8-6-4-2/h3-5,12,15-19,21H,2,6-11,13-14H2,1H3/b5-3+,27-25?. The number of aryl methyl sites for hydroxylation is 1. The molecule has 1 fully saturated rings. The SMILES string of the molecule is C=CCCC1CCC(C(F)=C(F)c2ccc3cc(CC/C=C/C)ccc3c2F)CC1. The molecule has 2 aromatic rings. The van der Waals surface area contributed by atoms with Gasteiger partial charge in [-0.3, -0.25) is 0 Å². The van der Waals surface area contributed by atoms with Crippen molar-refractivity contribution in [3.05, 3.63) is 77.9 Å². The van der Waals surface area contributed by atoms with Crippen LogP contribution >= 0.6 is 0 Å². The fraction of sp³-hybridized carbons (Fsp3) is 0.407. The largest absolute Gasteiger partial charge is 0.208 e. The molecule has 0 N–H and O–H groups in total. The zero-order valence-electron chi connectivity index (χ0n) is 17.8.